The third kappa shape index (κ3) is 3.78. The summed E-state index contributed by atoms with van der Waals surface area (Å²) in [7, 11) is 1.93. The van der Waals surface area contributed by atoms with Crippen LogP contribution in [0.2, 0.25) is 0 Å². The maximum Gasteiger partial charge on any atom is 0.272 e. The highest BCUT2D eigenvalue weighted by molar-refractivity contribution is 7.98. The lowest BCUT2D eigenvalue weighted by molar-refractivity contribution is 0.0942. The zero-order valence-electron chi connectivity index (χ0n) is 16.2. The van der Waals surface area contributed by atoms with Gasteiger partial charge >= 0.3 is 0 Å². The molecule has 0 saturated carbocycles. The summed E-state index contributed by atoms with van der Waals surface area (Å²) in [5, 5.41) is 7.64. The van der Waals surface area contributed by atoms with Crippen LogP contribution in [0, 0.1) is 0 Å². The third-order valence-corrected chi connectivity index (χ3v) is 6.82. The van der Waals surface area contributed by atoms with Crippen molar-refractivity contribution in [1.29, 1.82) is 0 Å². The second kappa shape index (κ2) is 8.07. The SMILES string of the molecule is C[C@@H]1CCCCN1CCCNC(=O)c1nn(C)c2c1CSc1ccccc1-2. The van der Waals surface area contributed by atoms with Gasteiger partial charge in [-0.2, -0.15) is 5.10 Å². The number of hydrogen-bond acceptors (Lipinski definition) is 4. The molecule has 27 heavy (non-hydrogen) atoms. The Morgan fingerprint density at radius 2 is 2.19 bits per heavy atom. The Balaban J connectivity index is 1.39. The molecule has 0 unspecified atom stereocenters. The van der Waals surface area contributed by atoms with E-state index in [2.05, 4.69) is 40.4 Å². The number of carbonyl (C=O) groups excluding carboxylic acids is 1. The molecule has 2 aliphatic rings. The van der Waals surface area contributed by atoms with Crippen molar-refractivity contribution >= 4 is 17.7 Å². The Kier molecular flexibility index (Phi) is 5.55. The summed E-state index contributed by atoms with van der Waals surface area (Å²) >= 11 is 1.78. The maximum atomic E-state index is 12.7. The number of fused-ring (bicyclic) bond motifs is 3. The first-order valence-electron chi connectivity index (χ1n) is 9.95. The molecule has 0 aliphatic carbocycles. The molecular weight excluding hydrogens is 356 g/mol. The van der Waals surface area contributed by atoms with Gasteiger partial charge in [0.2, 0.25) is 0 Å². The molecule has 1 atom stereocenters. The molecule has 1 saturated heterocycles. The van der Waals surface area contributed by atoms with E-state index in [9.17, 15) is 4.79 Å². The van der Waals surface area contributed by atoms with Gasteiger partial charge in [-0.1, -0.05) is 24.6 Å². The number of nitrogens with zero attached hydrogens (tertiary/aromatic N) is 3. The fourth-order valence-electron chi connectivity index (χ4n) is 4.22. The molecule has 144 valence electrons. The van der Waals surface area contributed by atoms with E-state index in [1.54, 1.807) is 11.8 Å². The highest BCUT2D eigenvalue weighted by Gasteiger charge is 2.27. The van der Waals surface area contributed by atoms with Crippen LogP contribution < -0.4 is 5.32 Å². The van der Waals surface area contributed by atoms with E-state index < -0.39 is 0 Å². The largest absolute Gasteiger partial charge is 0.351 e. The lowest BCUT2D eigenvalue weighted by atomic mass is 10.0. The minimum atomic E-state index is -0.0430. The molecule has 2 aliphatic heterocycles. The first-order chi connectivity index (χ1) is 13.1. The zero-order chi connectivity index (χ0) is 18.8. The number of rotatable bonds is 5. The van der Waals surface area contributed by atoms with Crippen molar-refractivity contribution in [3.63, 3.8) is 0 Å². The summed E-state index contributed by atoms with van der Waals surface area (Å²) in [6.45, 7) is 5.27. The quantitative estimate of drug-likeness (QED) is 0.799. The van der Waals surface area contributed by atoms with Crippen LogP contribution in [-0.2, 0) is 12.8 Å². The van der Waals surface area contributed by atoms with Crippen LogP contribution in [0.3, 0.4) is 0 Å². The highest BCUT2D eigenvalue weighted by atomic mass is 32.2. The first-order valence-corrected chi connectivity index (χ1v) is 10.9. The molecule has 1 aromatic heterocycles. The summed E-state index contributed by atoms with van der Waals surface area (Å²) in [5.74, 6) is 0.757. The molecular formula is C21H28N4OS. The topological polar surface area (TPSA) is 50.2 Å². The van der Waals surface area contributed by atoms with Gasteiger partial charge in [0.05, 0.1) is 5.69 Å². The predicted molar refractivity (Wildman–Crippen MR) is 110 cm³/mol. The van der Waals surface area contributed by atoms with Crippen molar-refractivity contribution in [2.45, 2.75) is 49.3 Å². The number of piperidine rings is 1. The molecule has 6 heteroatoms. The van der Waals surface area contributed by atoms with E-state index in [1.165, 1.54) is 36.3 Å². The Morgan fingerprint density at radius 3 is 3.04 bits per heavy atom. The van der Waals surface area contributed by atoms with Crippen molar-refractivity contribution < 1.29 is 4.79 Å². The Hall–Kier alpha value is -1.79. The number of hydrogen-bond donors (Lipinski definition) is 1. The van der Waals surface area contributed by atoms with E-state index in [1.807, 2.05) is 17.8 Å². The number of nitrogens with one attached hydrogen (secondary N) is 1. The predicted octanol–water partition coefficient (Wildman–Crippen LogP) is 3.69. The van der Waals surface area contributed by atoms with E-state index >= 15 is 0 Å². The molecule has 1 aromatic carbocycles. The second-order valence-corrected chi connectivity index (χ2v) is 8.59. The first kappa shape index (κ1) is 18.6. The molecule has 0 radical (unpaired) electrons. The van der Waals surface area contributed by atoms with Crippen LogP contribution in [0.1, 0.15) is 48.7 Å². The molecule has 4 rings (SSSR count). The smallest absolute Gasteiger partial charge is 0.272 e. The summed E-state index contributed by atoms with van der Waals surface area (Å²) in [4.78, 5) is 16.6. The van der Waals surface area contributed by atoms with Crippen molar-refractivity contribution in [1.82, 2.24) is 20.0 Å². The molecule has 0 bridgehead atoms. The maximum absolute atomic E-state index is 12.7. The molecule has 1 fully saturated rings. The van der Waals surface area contributed by atoms with Gasteiger partial charge in [-0.3, -0.25) is 9.48 Å². The molecule has 2 aromatic rings. The normalized spacial score (nSPS) is 19.4. The van der Waals surface area contributed by atoms with Gasteiger partial charge in [0.25, 0.3) is 5.91 Å². The number of aryl methyl sites for hydroxylation is 1. The van der Waals surface area contributed by atoms with Gasteiger partial charge in [0, 0.05) is 48.0 Å². The van der Waals surface area contributed by atoms with Gasteiger partial charge in [-0.05, 0) is 38.8 Å². The van der Waals surface area contributed by atoms with Gasteiger partial charge in [-0.25, -0.2) is 0 Å². The average molecular weight is 385 g/mol. The number of amides is 1. The fraction of sp³-hybridized carbons (Fsp3) is 0.524. The number of thioether (sulfide) groups is 1. The van der Waals surface area contributed by atoms with E-state index in [0.29, 0.717) is 18.3 Å². The van der Waals surface area contributed by atoms with Crippen LogP contribution in [0.4, 0.5) is 0 Å². The summed E-state index contributed by atoms with van der Waals surface area (Å²) in [6, 6.07) is 9.03. The number of aromatic nitrogens is 2. The van der Waals surface area contributed by atoms with E-state index in [0.717, 1.165) is 30.0 Å². The number of likely N-dealkylation sites (tertiary alicyclic amines) is 1. The van der Waals surface area contributed by atoms with Crippen molar-refractivity contribution in [3.05, 3.63) is 35.5 Å². The van der Waals surface area contributed by atoms with Gasteiger partial charge in [0.1, 0.15) is 0 Å². The monoisotopic (exact) mass is 384 g/mol. The Bertz CT molecular complexity index is 832. The van der Waals surface area contributed by atoms with E-state index in [4.69, 9.17) is 0 Å². The summed E-state index contributed by atoms with van der Waals surface area (Å²) in [5.41, 5.74) is 3.90. The molecule has 3 heterocycles. The lowest BCUT2D eigenvalue weighted by Gasteiger charge is -2.33. The van der Waals surface area contributed by atoms with Crippen LogP contribution in [0.25, 0.3) is 11.3 Å². The second-order valence-electron chi connectivity index (χ2n) is 7.57. The summed E-state index contributed by atoms with van der Waals surface area (Å²) in [6.07, 6.45) is 4.94. The Labute approximate surface area is 165 Å². The third-order valence-electron chi connectivity index (χ3n) is 5.72. The van der Waals surface area contributed by atoms with Crippen molar-refractivity contribution in [3.8, 4) is 11.3 Å². The molecule has 1 N–H and O–H groups in total. The fourth-order valence-corrected chi connectivity index (χ4v) is 5.29. The number of carbonyl (C=O) groups is 1. The summed E-state index contributed by atoms with van der Waals surface area (Å²) < 4.78 is 1.86. The van der Waals surface area contributed by atoms with Gasteiger partial charge in [0.15, 0.2) is 5.69 Å². The van der Waals surface area contributed by atoms with Gasteiger partial charge in [-0.15, -0.1) is 11.8 Å². The lowest BCUT2D eigenvalue weighted by Crippen LogP contribution is -2.39. The van der Waals surface area contributed by atoms with Crippen LogP contribution >= 0.6 is 11.8 Å². The van der Waals surface area contributed by atoms with Crippen molar-refractivity contribution in [2.24, 2.45) is 7.05 Å². The van der Waals surface area contributed by atoms with Crippen LogP contribution in [0.15, 0.2) is 29.2 Å². The minimum absolute atomic E-state index is 0.0430. The molecule has 1 amide bonds. The van der Waals surface area contributed by atoms with E-state index in [-0.39, 0.29) is 5.91 Å². The Morgan fingerprint density at radius 1 is 1.33 bits per heavy atom. The average Bonchev–Trinajstić information content (AvgIpc) is 3.03. The molecule has 0 spiro atoms. The highest BCUT2D eigenvalue weighted by Crippen LogP contribution is 2.42. The number of benzene rings is 1. The van der Waals surface area contributed by atoms with Crippen LogP contribution in [0.5, 0.6) is 0 Å². The standard InChI is InChI=1S/C21H28N4OS/c1-15-8-5-6-12-25(15)13-7-11-22-21(26)19-17-14-27-18-10-4-3-9-16(18)20(17)24(2)23-19/h3-4,9-10,15H,5-8,11-14H2,1-2H3,(H,22,26)/t15-/m1/s1. The zero-order valence-corrected chi connectivity index (χ0v) is 17.0. The van der Waals surface area contributed by atoms with Gasteiger partial charge < -0.3 is 10.2 Å². The van der Waals surface area contributed by atoms with Crippen LogP contribution in [-0.4, -0.2) is 46.3 Å². The minimum Gasteiger partial charge on any atom is -0.351 e. The van der Waals surface area contributed by atoms with Crippen molar-refractivity contribution in [2.75, 3.05) is 19.6 Å². The molecule has 5 nitrogen and oxygen atoms in total.